The minimum Gasteiger partial charge on any atom is -0.497 e. The lowest BCUT2D eigenvalue weighted by Gasteiger charge is -2.36. The Hall–Kier alpha value is -2.05. The number of hydrogen-bond donors (Lipinski definition) is 0. The van der Waals surface area contributed by atoms with Crippen LogP contribution in [0.4, 0.5) is 5.69 Å². The number of anilines is 1. The van der Waals surface area contributed by atoms with E-state index in [1.807, 2.05) is 49.4 Å². The van der Waals surface area contributed by atoms with Crippen LogP contribution in [0.1, 0.15) is 31.9 Å². The molecular formula is C22H30N2O3S. The molecule has 0 unspecified atom stereocenters. The zero-order chi connectivity index (χ0) is 20.5. The fraction of sp³-hybridized carbons (Fsp3) is 0.455. The summed E-state index contributed by atoms with van der Waals surface area (Å²) in [7, 11) is -1.86. The molecule has 0 spiro atoms. The molecule has 0 amide bonds. The lowest BCUT2D eigenvalue weighted by molar-refractivity contribution is 0.383. The number of hydrogen-bond acceptors (Lipinski definition) is 4. The molecule has 1 fully saturated rings. The van der Waals surface area contributed by atoms with Gasteiger partial charge in [-0.2, -0.15) is 4.31 Å². The monoisotopic (exact) mass is 402 g/mol. The van der Waals surface area contributed by atoms with Crippen molar-refractivity contribution in [2.45, 2.75) is 38.0 Å². The summed E-state index contributed by atoms with van der Waals surface area (Å²) < 4.78 is 33.5. The van der Waals surface area contributed by atoms with Crippen molar-refractivity contribution in [1.29, 1.82) is 0 Å². The Bertz CT molecular complexity index is 940. The molecular weight excluding hydrogens is 372 g/mol. The Kier molecular flexibility index (Phi) is 5.73. The van der Waals surface area contributed by atoms with Crippen molar-refractivity contribution in [2.75, 3.05) is 38.2 Å². The van der Waals surface area contributed by atoms with Crippen LogP contribution in [-0.4, -0.2) is 46.0 Å². The van der Waals surface area contributed by atoms with Gasteiger partial charge in [-0.15, -0.1) is 0 Å². The SMILES string of the molecule is COc1cccc(N2CCN(S(=O)(=O)c3cc(C(C)(C)C)ccc3C)CC2)c1. The zero-order valence-electron chi connectivity index (χ0n) is 17.4. The molecule has 0 bridgehead atoms. The van der Waals surface area contributed by atoms with Crippen LogP contribution in [0.2, 0.25) is 0 Å². The molecule has 28 heavy (non-hydrogen) atoms. The van der Waals surface area contributed by atoms with E-state index in [9.17, 15) is 8.42 Å². The van der Waals surface area contributed by atoms with Crippen LogP contribution in [-0.2, 0) is 15.4 Å². The molecule has 1 heterocycles. The average Bonchev–Trinajstić information content (AvgIpc) is 2.67. The van der Waals surface area contributed by atoms with Crippen LogP contribution >= 0.6 is 0 Å². The standard InChI is InChI=1S/C22H30N2O3S/c1-17-9-10-18(22(2,3)4)15-21(17)28(25,26)24-13-11-23(12-14-24)19-7-6-8-20(16-19)27-5/h6-10,15-16H,11-14H2,1-5H3. The summed E-state index contributed by atoms with van der Waals surface area (Å²) in [6.07, 6.45) is 0. The molecule has 5 nitrogen and oxygen atoms in total. The number of ether oxygens (including phenoxy) is 1. The highest BCUT2D eigenvalue weighted by Crippen LogP contribution is 2.29. The molecule has 0 atom stereocenters. The van der Waals surface area contributed by atoms with E-state index < -0.39 is 10.0 Å². The van der Waals surface area contributed by atoms with E-state index in [2.05, 4.69) is 25.7 Å². The maximum absolute atomic E-state index is 13.3. The van der Waals surface area contributed by atoms with Crippen molar-refractivity contribution in [3.8, 4) is 5.75 Å². The van der Waals surface area contributed by atoms with Gasteiger partial charge in [0.05, 0.1) is 12.0 Å². The Balaban J connectivity index is 1.80. The van der Waals surface area contributed by atoms with Crippen LogP contribution in [0.15, 0.2) is 47.4 Å². The number of methoxy groups -OCH3 is 1. The minimum atomic E-state index is -3.51. The van der Waals surface area contributed by atoms with Crippen molar-refractivity contribution < 1.29 is 13.2 Å². The van der Waals surface area contributed by atoms with E-state index in [0.29, 0.717) is 31.1 Å². The van der Waals surface area contributed by atoms with Gasteiger partial charge in [0, 0.05) is 37.9 Å². The van der Waals surface area contributed by atoms with Crippen LogP contribution in [0.5, 0.6) is 5.75 Å². The Morgan fingerprint density at radius 3 is 2.25 bits per heavy atom. The fourth-order valence-corrected chi connectivity index (χ4v) is 5.15. The molecule has 1 saturated heterocycles. The second kappa shape index (κ2) is 7.76. The van der Waals surface area contributed by atoms with Crippen molar-refractivity contribution >= 4 is 15.7 Å². The van der Waals surface area contributed by atoms with Crippen LogP contribution in [0, 0.1) is 6.92 Å². The molecule has 0 radical (unpaired) electrons. The first kappa shape index (κ1) is 20.7. The van der Waals surface area contributed by atoms with Crippen molar-refractivity contribution in [1.82, 2.24) is 4.31 Å². The highest BCUT2D eigenvalue weighted by Gasteiger charge is 2.30. The molecule has 2 aromatic carbocycles. The third-order valence-electron chi connectivity index (χ3n) is 5.33. The zero-order valence-corrected chi connectivity index (χ0v) is 18.2. The van der Waals surface area contributed by atoms with Gasteiger partial charge in [-0.3, -0.25) is 0 Å². The van der Waals surface area contributed by atoms with Gasteiger partial charge in [0.2, 0.25) is 10.0 Å². The van der Waals surface area contributed by atoms with E-state index in [0.717, 1.165) is 22.6 Å². The number of nitrogens with zero attached hydrogens (tertiary/aromatic N) is 2. The predicted octanol–water partition coefficient (Wildman–Crippen LogP) is 3.81. The van der Waals surface area contributed by atoms with Gasteiger partial charge >= 0.3 is 0 Å². The molecule has 0 aromatic heterocycles. The largest absolute Gasteiger partial charge is 0.497 e. The Morgan fingerprint density at radius 1 is 0.964 bits per heavy atom. The third-order valence-corrected chi connectivity index (χ3v) is 7.37. The van der Waals surface area contributed by atoms with Crippen molar-refractivity contribution in [3.63, 3.8) is 0 Å². The molecule has 3 rings (SSSR count). The number of rotatable bonds is 4. The number of piperazine rings is 1. The first-order valence-electron chi connectivity index (χ1n) is 9.63. The van der Waals surface area contributed by atoms with E-state index in [1.54, 1.807) is 11.4 Å². The van der Waals surface area contributed by atoms with Crippen molar-refractivity contribution in [2.24, 2.45) is 0 Å². The maximum atomic E-state index is 13.3. The first-order valence-corrected chi connectivity index (χ1v) is 11.1. The molecule has 1 aliphatic heterocycles. The lowest BCUT2D eigenvalue weighted by atomic mass is 9.87. The van der Waals surface area contributed by atoms with E-state index in [-0.39, 0.29) is 5.41 Å². The van der Waals surface area contributed by atoms with Gasteiger partial charge in [0.1, 0.15) is 5.75 Å². The third kappa shape index (κ3) is 4.18. The molecule has 0 saturated carbocycles. The van der Waals surface area contributed by atoms with Crippen LogP contribution < -0.4 is 9.64 Å². The van der Waals surface area contributed by atoms with Gasteiger partial charge in [0.25, 0.3) is 0 Å². The highest BCUT2D eigenvalue weighted by molar-refractivity contribution is 7.89. The van der Waals surface area contributed by atoms with E-state index in [4.69, 9.17) is 4.74 Å². The first-order chi connectivity index (χ1) is 13.1. The maximum Gasteiger partial charge on any atom is 0.243 e. The minimum absolute atomic E-state index is 0.0942. The normalized spacial score (nSPS) is 16.2. The average molecular weight is 403 g/mol. The van der Waals surface area contributed by atoms with E-state index >= 15 is 0 Å². The smallest absolute Gasteiger partial charge is 0.243 e. The van der Waals surface area contributed by atoms with Gasteiger partial charge in [0.15, 0.2) is 0 Å². The lowest BCUT2D eigenvalue weighted by Crippen LogP contribution is -2.48. The summed E-state index contributed by atoms with van der Waals surface area (Å²) in [4.78, 5) is 2.63. The fourth-order valence-electron chi connectivity index (χ4n) is 3.48. The van der Waals surface area contributed by atoms with Gasteiger partial charge in [-0.25, -0.2) is 8.42 Å². The molecule has 6 heteroatoms. The molecule has 1 aliphatic rings. The summed E-state index contributed by atoms with van der Waals surface area (Å²) in [5.74, 6) is 0.808. The van der Waals surface area contributed by atoms with Crippen LogP contribution in [0.3, 0.4) is 0 Å². The number of aryl methyl sites for hydroxylation is 1. The summed E-state index contributed by atoms with van der Waals surface area (Å²) in [6, 6.07) is 13.7. The Labute approximate surface area is 169 Å². The second-order valence-electron chi connectivity index (χ2n) is 8.32. The molecule has 0 N–H and O–H groups in total. The molecule has 2 aromatic rings. The van der Waals surface area contributed by atoms with Gasteiger partial charge in [-0.05, 0) is 41.7 Å². The van der Waals surface area contributed by atoms with Crippen molar-refractivity contribution in [3.05, 3.63) is 53.6 Å². The number of sulfonamides is 1. The topological polar surface area (TPSA) is 49.9 Å². The quantitative estimate of drug-likeness (QED) is 0.780. The summed E-state index contributed by atoms with van der Waals surface area (Å²) in [5.41, 5.74) is 2.79. The Morgan fingerprint density at radius 2 is 1.64 bits per heavy atom. The van der Waals surface area contributed by atoms with Gasteiger partial charge in [-0.1, -0.05) is 39.0 Å². The summed E-state index contributed by atoms with van der Waals surface area (Å²) in [5, 5.41) is 0. The highest BCUT2D eigenvalue weighted by atomic mass is 32.2. The predicted molar refractivity (Wildman–Crippen MR) is 114 cm³/mol. The number of benzene rings is 2. The summed E-state index contributed by atoms with van der Waals surface area (Å²) >= 11 is 0. The molecule has 0 aliphatic carbocycles. The van der Waals surface area contributed by atoms with E-state index in [1.165, 1.54) is 0 Å². The van der Waals surface area contributed by atoms with Gasteiger partial charge < -0.3 is 9.64 Å². The molecule has 152 valence electrons. The van der Waals surface area contributed by atoms with Crippen LogP contribution in [0.25, 0.3) is 0 Å². The summed E-state index contributed by atoms with van der Waals surface area (Å²) in [6.45, 7) is 10.4. The second-order valence-corrected chi connectivity index (χ2v) is 10.2.